The van der Waals surface area contributed by atoms with Crippen molar-refractivity contribution < 1.29 is 9.47 Å². The molecule has 2 unspecified atom stereocenters. The van der Waals surface area contributed by atoms with Gasteiger partial charge in [-0.2, -0.15) is 0 Å². The Morgan fingerprint density at radius 3 is 2.59 bits per heavy atom. The summed E-state index contributed by atoms with van der Waals surface area (Å²) in [7, 11) is 1.82. The number of rotatable bonds is 9. The molecule has 0 radical (unpaired) electrons. The molecule has 1 aliphatic heterocycles. The van der Waals surface area contributed by atoms with Crippen LogP contribution in [0.25, 0.3) is 0 Å². The topological polar surface area (TPSA) is 58.1 Å². The van der Waals surface area contributed by atoms with Crippen molar-refractivity contribution >= 4 is 29.9 Å². The monoisotopic (exact) mass is 518 g/mol. The number of guanidine groups is 1. The van der Waals surface area contributed by atoms with E-state index >= 15 is 0 Å². The van der Waals surface area contributed by atoms with E-state index in [2.05, 4.69) is 46.5 Å². The summed E-state index contributed by atoms with van der Waals surface area (Å²) in [6.07, 6.45) is 2.57. The lowest BCUT2D eigenvalue weighted by Crippen LogP contribution is -2.44. The van der Waals surface area contributed by atoms with Crippen LogP contribution in [0.5, 0.6) is 11.5 Å². The molecule has 1 fully saturated rings. The molecule has 1 aliphatic rings. The Bertz CT molecular complexity index is 627. The Balaban J connectivity index is 0.00000420. The normalized spacial score (nSPS) is 18.5. The molecule has 1 heterocycles. The first-order valence-corrected chi connectivity index (χ1v) is 10.7. The van der Waals surface area contributed by atoms with E-state index < -0.39 is 0 Å². The number of hydrogen-bond donors (Lipinski definition) is 2. The maximum Gasteiger partial charge on any atom is 0.191 e. The van der Waals surface area contributed by atoms with Gasteiger partial charge in [0.2, 0.25) is 0 Å². The van der Waals surface area contributed by atoms with Crippen molar-refractivity contribution in [2.24, 2.45) is 10.9 Å². The SMILES string of the molecule is CCOc1ccc(C(C)NC(=NC)NCC2CCCN(CC)C2)cc1OCC.I. The molecule has 0 aromatic heterocycles. The van der Waals surface area contributed by atoms with E-state index in [4.69, 9.17) is 9.47 Å². The van der Waals surface area contributed by atoms with E-state index in [0.29, 0.717) is 19.1 Å². The average Bonchev–Trinajstić information content (AvgIpc) is 2.72. The molecule has 29 heavy (non-hydrogen) atoms. The van der Waals surface area contributed by atoms with Crippen molar-refractivity contribution in [3.63, 3.8) is 0 Å². The molecule has 7 heteroatoms. The van der Waals surface area contributed by atoms with E-state index in [1.54, 1.807) is 0 Å². The first-order valence-electron chi connectivity index (χ1n) is 10.7. The van der Waals surface area contributed by atoms with Crippen LogP contribution in [0.15, 0.2) is 23.2 Å². The molecule has 2 rings (SSSR count). The lowest BCUT2D eigenvalue weighted by molar-refractivity contribution is 0.183. The fourth-order valence-electron chi connectivity index (χ4n) is 3.67. The molecule has 1 aromatic carbocycles. The van der Waals surface area contributed by atoms with Crippen molar-refractivity contribution in [1.82, 2.24) is 15.5 Å². The van der Waals surface area contributed by atoms with Gasteiger partial charge in [0.05, 0.1) is 19.3 Å². The number of hydrogen-bond acceptors (Lipinski definition) is 4. The van der Waals surface area contributed by atoms with Crippen LogP contribution in [-0.4, -0.2) is 57.3 Å². The third-order valence-corrected chi connectivity index (χ3v) is 5.25. The lowest BCUT2D eigenvalue weighted by atomic mass is 9.98. The van der Waals surface area contributed by atoms with Crippen molar-refractivity contribution in [2.75, 3.05) is 46.4 Å². The maximum atomic E-state index is 5.76. The van der Waals surface area contributed by atoms with Gasteiger partial charge in [-0.25, -0.2) is 0 Å². The second-order valence-electron chi connectivity index (χ2n) is 7.29. The molecular weight excluding hydrogens is 479 g/mol. The smallest absolute Gasteiger partial charge is 0.191 e. The van der Waals surface area contributed by atoms with E-state index in [0.717, 1.165) is 36.1 Å². The average molecular weight is 518 g/mol. The van der Waals surface area contributed by atoms with Gasteiger partial charge in [-0.3, -0.25) is 4.99 Å². The van der Waals surface area contributed by atoms with Crippen LogP contribution in [0.1, 0.15) is 52.1 Å². The predicted molar refractivity (Wildman–Crippen MR) is 132 cm³/mol. The molecule has 0 spiro atoms. The zero-order valence-corrected chi connectivity index (χ0v) is 21.0. The highest BCUT2D eigenvalue weighted by Crippen LogP contribution is 2.30. The Hall–Kier alpha value is -1.22. The standard InChI is InChI=1S/C22H38N4O2.HI/c1-6-26-13-9-10-18(16-26)15-24-22(23-5)25-17(4)19-11-12-20(27-7-2)21(14-19)28-8-3;/h11-12,14,17-18H,6-10,13,15-16H2,1-5H3,(H2,23,24,25);1H. The maximum absolute atomic E-state index is 5.76. The first-order chi connectivity index (χ1) is 13.6. The summed E-state index contributed by atoms with van der Waals surface area (Å²) in [4.78, 5) is 6.94. The molecule has 2 N–H and O–H groups in total. The zero-order valence-electron chi connectivity index (χ0n) is 18.7. The number of benzene rings is 1. The molecular formula is C22H39IN4O2. The molecule has 1 saturated heterocycles. The first kappa shape index (κ1) is 25.8. The van der Waals surface area contributed by atoms with Gasteiger partial charge in [-0.05, 0) is 70.3 Å². The van der Waals surface area contributed by atoms with Crippen LogP contribution >= 0.6 is 24.0 Å². The van der Waals surface area contributed by atoms with Crippen LogP contribution in [-0.2, 0) is 0 Å². The highest BCUT2D eigenvalue weighted by atomic mass is 127. The van der Waals surface area contributed by atoms with E-state index in [-0.39, 0.29) is 30.0 Å². The second-order valence-corrected chi connectivity index (χ2v) is 7.29. The summed E-state index contributed by atoms with van der Waals surface area (Å²) in [6, 6.07) is 6.23. The van der Waals surface area contributed by atoms with Crippen molar-refractivity contribution in [3.8, 4) is 11.5 Å². The van der Waals surface area contributed by atoms with E-state index in [1.165, 1.54) is 25.9 Å². The Labute approximate surface area is 193 Å². The summed E-state index contributed by atoms with van der Waals surface area (Å²) in [5, 5.41) is 7.01. The number of nitrogens with zero attached hydrogens (tertiary/aromatic N) is 2. The van der Waals surface area contributed by atoms with Crippen LogP contribution in [0.2, 0.25) is 0 Å². The Morgan fingerprint density at radius 2 is 1.93 bits per heavy atom. The number of nitrogens with one attached hydrogen (secondary N) is 2. The van der Waals surface area contributed by atoms with E-state index in [1.807, 2.05) is 27.0 Å². The van der Waals surface area contributed by atoms with Gasteiger partial charge >= 0.3 is 0 Å². The van der Waals surface area contributed by atoms with Crippen LogP contribution in [0, 0.1) is 5.92 Å². The largest absolute Gasteiger partial charge is 0.490 e. The molecule has 0 aliphatic carbocycles. The quantitative estimate of drug-likeness (QED) is 0.294. The molecule has 0 amide bonds. The minimum Gasteiger partial charge on any atom is -0.490 e. The van der Waals surface area contributed by atoms with Gasteiger partial charge in [0.25, 0.3) is 0 Å². The Morgan fingerprint density at radius 1 is 1.21 bits per heavy atom. The van der Waals surface area contributed by atoms with Gasteiger partial charge < -0.3 is 25.0 Å². The Kier molecular flexibility index (Phi) is 12.4. The molecule has 2 atom stereocenters. The summed E-state index contributed by atoms with van der Waals surface area (Å²) in [5.74, 6) is 3.10. The molecule has 166 valence electrons. The molecule has 0 saturated carbocycles. The summed E-state index contributed by atoms with van der Waals surface area (Å²) in [6.45, 7) is 14.1. The van der Waals surface area contributed by atoms with Crippen LogP contribution < -0.4 is 20.1 Å². The van der Waals surface area contributed by atoms with Crippen LogP contribution in [0.4, 0.5) is 0 Å². The summed E-state index contributed by atoms with van der Waals surface area (Å²) >= 11 is 0. The van der Waals surface area contributed by atoms with Gasteiger partial charge in [0, 0.05) is 20.1 Å². The van der Waals surface area contributed by atoms with Gasteiger partial charge in [-0.1, -0.05) is 13.0 Å². The van der Waals surface area contributed by atoms with Crippen molar-refractivity contribution in [1.29, 1.82) is 0 Å². The number of piperidine rings is 1. The van der Waals surface area contributed by atoms with Crippen LogP contribution in [0.3, 0.4) is 0 Å². The highest BCUT2D eigenvalue weighted by molar-refractivity contribution is 14.0. The van der Waals surface area contributed by atoms with Gasteiger partial charge in [0.15, 0.2) is 17.5 Å². The van der Waals surface area contributed by atoms with E-state index in [9.17, 15) is 0 Å². The lowest BCUT2D eigenvalue weighted by Gasteiger charge is -2.32. The minimum atomic E-state index is 0. The fourth-order valence-corrected chi connectivity index (χ4v) is 3.67. The summed E-state index contributed by atoms with van der Waals surface area (Å²) in [5.41, 5.74) is 1.14. The van der Waals surface area contributed by atoms with Gasteiger partial charge in [-0.15, -0.1) is 24.0 Å². The molecule has 6 nitrogen and oxygen atoms in total. The third-order valence-electron chi connectivity index (χ3n) is 5.25. The third kappa shape index (κ3) is 8.20. The summed E-state index contributed by atoms with van der Waals surface area (Å²) < 4.78 is 11.4. The highest BCUT2D eigenvalue weighted by Gasteiger charge is 2.19. The number of halogens is 1. The zero-order chi connectivity index (χ0) is 20.4. The number of likely N-dealkylation sites (tertiary alicyclic amines) is 1. The number of aliphatic imine (C=N–C) groups is 1. The second kappa shape index (κ2) is 13.9. The molecule has 0 bridgehead atoms. The fraction of sp³-hybridized carbons (Fsp3) is 0.682. The predicted octanol–water partition coefficient (Wildman–Crippen LogP) is 4.06. The van der Waals surface area contributed by atoms with Crippen molar-refractivity contribution in [2.45, 2.75) is 46.6 Å². The van der Waals surface area contributed by atoms with Gasteiger partial charge in [0.1, 0.15) is 0 Å². The minimum absolute atomic E-state index is 0. The van der Waals surface area contributed by atoms with Crippen molar-refractivity contribution in [3.05, 3.63) is 23.8 Å². The molecule has 1 aromatic rings. The number of ether oxygens (including phenoxy) is 2.